The number of benzene rings is 9. The van der Waals surface area contributed by atoms with E-state index in [0.29, 0.717) is 35.5 Å². The lowest BCUT2D eigenvalue weighted by Crippen LogP contribution is -2.03. The van der Waals surface area contributed by atoms with Crippen LogP contribution in [-0.2, 0) is 0 Å². The molecule has 0 amide bonds. The molecule has 0 radical (unpaired) electrons. The topological polar surface area (TPSA) is 0 Å². The van der Waals surface area contributed by atoms with E-state index in [2.05, 4.69) is 204 Å². The first kappa shape index (κ1) is 40.8. The molecule has 0 atom stereocenters. The quantitative estimate of drug-likeness (QED) is 0.134. The first-order chi connectivity index (χ1) is 30.7. The number of hydrogen-bond donors (Lipinski definition) is 0. The fraction of sp³-hybridized carbons (Fsp3) is 0.281. The fourth-order valence-corrected chi connectivity index (χ4v) is 11.8. The summed E-state index contributed by atoms with van der Waals surface area (Å²) in [6.07, 6.45) is 0. The van der Waals surface area contributed by atoms with Gasteiger partial charge in [-0.3, -0.25) is 0 Å². The predicted octanol–water partition coefficient (Wildman–Crippen LogP) is 19.9. The van der Waals surface area contributed by atoms with Gasteiger partial charge in [0.15, 0.2) is 0 Å². The van der Waals surface area contributed by atoms with E-state index in [1.54, 1.807) is 0 Å². The monoisotopic (exact) mass is 830 g/mol. The maximum absolute atomic E-state index is 2.56. The molecule has 0 aromatic heterocycles. The van der Waals surface area contributed by atoms with Gasteiger partial charge in [-0.1, -0.05) is 180 Å². The molecule has 64 heavy (non-hydrogen) atoms. The Kier molecular flexibility index (Phi) is 9.42. The first-order valence-electron chi connectivity index (χ1n) is 24.2. The Morgan fingerprint density at radius 2 is 0.516 bits per heavy atom. The summed E-state index contributed by atoms with van der Waals surface area (Å²) < 4.78 is 0. The lowest BCUT2D eigenvalue weighted by molar-refractivity contribution is 0.807. The van der Waals surface area contributed by atoms with Gasteiger partial charge in [0.25, 0.3) is 0 Å². The molecule has 0 aliphatic heterocycles. The van der Waals surface area contributed by atoms with Crippen LogP contribution in [0.15, 0.2) is 121 Å². The van der Waals surface area contributed by atoms with Crippen LogP contribution in [0.4, 0.5) is 0 Å². The van der Waals surface area contributed by atoms with Crippen LogP contribution >= 0.6 is 0 Å². The van der Waals surface area contributed by atoms with Crippen molar-refractivity contribution in [3.63, 3.8) is 0 Å². The average Bonchev–Trinajstić information content (AvgIpc) is 3.77. The molecule has 0 unspecified atom stereocenters. The first-order valence-corrected chi connectivity index (χ1v) is 24.2. The summed E-state index contributed by atoms with van der Waals surface area (Å²) in [6, 6.07) is 48.6. The third-order valence-corrected chi connectivity index (χ3v) is 15.2. The van der Waals surface area contributed by atoms with Gasteiger partial charge in [0.05, 0.1) is 0 Å². The SMILES string of the molecule is CC(C)c1cc(C(C)C)c(-c2ccc3c(c2)c2cc4c5cc6c7cc(-c8c(C(C)C)cc(C(C)C)cc8C(C)C)ccc7c7cccc(c5ccc4c4cccc3c42)c76)c(C(C)C)c1. The van der Waals surface area contributed by atoms with E-state index < -0.39 is 0 Å². The lowest BCUT2D eigenvalue weighted by Gasteiger charge is -2.23. The van der Waals surface area contributed by atoms with Crippen molar-refractivity contribution in [1.29, 1.82) is 0 Å². The minimum atomic E-state index is 0.420. The van der Waals surface area contributed by atoms with Crippen molar-refractivity contribution >= 4 is 86.2 Å². The summed E-state index contributed by atoms with van der Waals surface area (Å²) in [5.74, 6) is 2.65. The zero-order valence-corrected chi connectivity index (χ0v) is 40.0. The molecule has 0 heterocycles. The van der Waals surface area contributed by atoms with Crippen LogP contribution in [0.1, 0.15) is 152 Å². The molecule has 0 saturated carbocycles. The summed E-state index contributed by atoms with van der Waals surface area (Å²) in [5, 5.41) is 21.6. The van der Waals surface area contributed by atoms with E-state index in [-0.39, 0.29) is 0 Å². The van der Waals surface area contributed by atoms with E-state index >= 15 is 0 Å². The van der Waals surface area contributed by atoms with Gasteiger partial charge in [-0.2, -0.15) is 0 Å². The summed E-state index contributed by atoms with van der Waals surface area (Å²) in [7, 11) is 0. The van der Waals surface area contributed by atoms with Crippen molar-refractivity contribution in [2.24, 2.45) is 0 Å². The Morgan fingerprint density at radius 1 is 0.234 bits per heavy atom. The molecule has 0 saturated heterocycles. The molecule has 11 aromatic carbocycles. The van der Waals surface area contributed by atoms with Crippen molar-refractivity contribution in [1.82, 2.24) is 0 Å². The van der Waals surface area contributed by atoms with Crippen LogP contribution in [0.25, 0.3) is 108 Å². The van der Waals surface area contributed by atoms with Crippen LogP contribution in [-0.4, -0.2) is 0 Å². The Labute approximate surface area is 380 Å². The van der Waals surface area contributed by atoms with Crippen molar-refractivity contribution in [3.8, 4) is 22.3 Å². The molecular formula is C64H62. The second-order valence-corrected chi connectivity index (χ2v) is 21.2. The van der Waals surface area contributed by atoms with Crippen LogP contribution in [0.2, 0.25) is 0 Å². The largest absolute Gasteiger partial charge is 0.0610 e. The maximum atomic E-state index is 2.56. The minimum Gasteiger partial charge on any atom is -0.0610 e. The number of fused-ring (bicyclic) bond motifs is 11. The van der Waals surface area contributed by atoms with Gasteiger partial charge in [-0.15, -0.1) is 0 Å². The normalized spacial score (nSPS) is 12.9. The molecule has 11 rings (SSSR count). The average molecular weight is 831 g/mol. The Bertz CT molecular complexity index is 3360. The Morgan fingerprint density at radius 3 is 0.797 bits per heavy atom. The highest BCUT2D eigenvalue weighted by molar-refractivity contribution is 6.40. The molecular weight excluding hydrogens is 769 g/mol. The fourth-order valence-electron chi connectivity index (χ4n) is 11.8. The standard InChI is InChI=1S/C64H62/c1-33(2)41-27-51(35(5)6)61(52(28-41)36(7)8)39-19-21-43-47-15-13-17-49-45-23-24-46-50-18-14-16-48-44-22-20-40(62-53(37(9)10)29-42(34(3)4)30-54(62)38(11)12)26-56(44)60(64(48)50)32-58(46)57(45)31-59(63(47)49)55(43)25-39/h13-38H,1-12H3. The lowest BCUT2D eigenvalue weighted by atomic mass is 9.81. The highest BCUT2D eigenvalue weighted by atomic mass is 14.3. The van der Waals surface area contributed by atoms with Crippen molar-refractivity contribution < 1.29 is 0 Å². The van der Waals surface area contributed by atoms with E-state index in [9.17, 15) is 0 Å². The molecule has 0 bridgehead atoms. The van der Waals surface area contributed by atoms with Crippen molar-refractivity contribution in [2.75, 3.05) is 0 Å². The van der Waals surface area contributed by atoms with Crippen LogP contribution in [0.5, 0.6) is 0 Å². The molecule has 0 aliphatic carbocycles. The zero-order valence-electron chi connectivity index (χ0n) is 40.0. The van der Waals surface area contributed by atoms with Gasteiger partial charge in [-0.25, -0.2) is 0 Å². The van der Waals surface area contributed by atoms with E-state index in [0.717, 1.165) is 0 Å². The number of hydrogen-bond acceptors (Lipinski definition) is 0. The maximum Gasteiger partial charge on any atom is -0.00199 e. The second kappa shape index (κ2) is 14.8. The van der Waals surface area contributed by atoms with Gasteiger partial charge < -0.3 is 0 Å². The summed E-state index contributed by atoms with van der Waals surface area (Å²) in [5.41, 5.74) is 14.2. The predicted molar refractivity (Wildman–Crippen MR) is 284 cm³/mol. The zero-order chi connectivity index (χ0) is 44.6. The third-order valence-electron chi connectivity index (χ3n) is 15.2. The molecule has 318 valence electrons. The number of rotatable bonds is 8. The van der Waals surface area contributed by atoms with Crippen molar-refractivity contribution in [2.45, 2.75) is 119 Å². The smallest absolute Gasteiger partial charge is 0.00199 e. The van der Waals surface area contributed by atoms with Gasteiger partial charge in [0.2, 0.25) is 0 Å². The molecule has 0 fully saturated rings. The van der Waals surface area contributed by atoms with Gasteiger partial charge in [0, 0.05) is 0 Å². The van der Waals surface area contributed by atoms with E-state index in [1.165, 1.54) is 142 Å². The van der Waals surface area contributed by atoms with Crippen LogP contribution in [0, 0.1) is 0 Å². The molecule has 0 N–H and O–H groups in total. The van der Waals surface area contributed by atoms with E-state index in [1.807, 2.05) is 0 Å². The molecule has 0 heteroatoms. The Balaban J connectivity index is 1.21. The van der Waals surface area contributed by atoms with Gasteiger partial charge in [0.1, 0.15) is 0 Å². The Hall–Kier alpha value is -5.98. The van der Waals surface area contributed by atoms with Crippen LogP contribution < -0.4 is 0 Å². The molecule has 0 aliphatic rings. The van der Waals surface area contributed by atoms with E-state index in [4.69, 9.17) is 0 Å². The van der Waals surface area contributed by atoms with Crippen molar-refractivity contribution in [3.05, 3.63) is 155 Å². The molecule has 11 aromatic rings. The van der Waals surface area contributed by atoms with Gasteiger partial charge >= 0.3 is 0 Å². The molecule has 0 spiro atoms. The summed E-state index contributed by atoms with van der Waals surface area (Å²) in [4.78, 5) is 0. The summed E-state index contributed by atoms with van der Waals surface area (Å²) >= 11 is 0. The molecule has 0 nitrogen and oxygen atoms in total. The van der Waals surface area contributed by atoms with Crippen LogP contribution in [0.3, 0.4) is 0 Å². The third kappa shape index (κ3) is 5.94. The highest BCUT2D eigenvalue weighted by Gasteiger charge is 2.24. The van der Waals surface area contributed by atoms with Gasteiger partial charge in [-0.05, 0) is 202 Å². The second-order valence-electron chi connectivity index (χ2n) is 21.2. The summed E-state index contributed by atoms with van der Waals surface area (Å²) in [6.45, 7) is 28.2. The highest BCUT2D eigenvalue weighted by Crippen LogP contribution is 2.50. The minimum absolute atomic E-state index is 0.420.